The van der Waals surface area contributed by atoms with Gasteiger partial charge in [0.1, 0.15) is 0 Å². The zero-order valence-electron chi connectivity index (χ0n) is 13.0. The molecule has 1 unspecified atom stereocenters. The number of carbonyl (C=O) groups excluding carboxylic acids is 1. The molecule has 0 fully saturated rings. The fourth-order valence-corrected chi connectivity index (χ4v) is 4.69. The van der Waals surface area contributed by atoms with Crippen LogP contribution in [0, 0.1) is 0 Å². The van der Waals surface area contributed by atoms with Crippen molar-refractivity contribution in [1.29, 1.82) is 0 Å². The Balaban J connectivity index is 1.55. The smallest absolute Gasteiger partial charge is 0.262 e. The molecule has 3 nitrogen and oxygen atoms in total. The lowest BCUT2D eigenvalue weighted by molar-refractivity contribution is -0.117. The lowest BCUT2D eigenvalue weighted by Crippen LogP contribution is -2.21. The minimum absolute atomic E-state index is 0.0412. The Labute approximate surface area is 148 Å². The summed E-state index contributed by atoms with van der Waals surface area (Å²) in [5.41, 5.74) is 2.45. The quantitative estimate of drug-likeness (QED) is 0.720. The Kier molecular flexibility index (Phi) is 4.36. The predicted octanol–water partition coefficient (Wildman–Crippen LogP) is 3.74. The van der Waals surface area contributed by atoms with Crippen molar-refractivity contribution < 1.29 is 4.79 Å². The molecule has 5 heteroatoms. The molecule has 120 valence electrons. The molecule has 1 atom stereocenters. The summed E-state index contributed by atoms with van der Waals surface area (Å²) in [6.07, 6.45) is 2.76. The third-order valence-corrected chi connectivity index (χ3v) is 6.08. The summed E-state index contributed by atoms with van der Waals surface area (Å²) in [6.45, 7) is 0.731. The molecule has 1 amide bonds. The van der Waals surface area contributed by atoms with E-state index in [1.54, 1.807) is 11.8 Å². The van der Waals surface area contributed by atoms with Crippen LogP contribution in [-0.4, -0.2) is 15.7 Å². The first kappa shape index (κ1) is 15.4. The number of aromatic nitrogens is 1. The monoisotopic (exact) mass is 352 g/mol. The second-order valence-corrected chi connectivity index (χ2v) is 7.79. The van der Waals surface area contributed by atoms with Gasteiger partial charge in [-0.3, -0.25) is 4.79 Å². The Bertz CT molecular complexity index is 903. The van der Waals surface area contributed by atoms with E-state index in [4.69, 9.17) is 0 Å². The van der Waals surface area contributed by atoms with Crippen LogP contribution in [0.3, 0.4) is 0 Å². The van der Waals surface area contributed by atoms with E-state index in [-0.39, 0.29) is 11.2 Å². The molecular formula is C19H16N2OS2. The molecule has 0 radical (unpaired) electrons. The lowest BCUT2D eigenvalue weighted by atomic mass is 10.1. The van der Waals surface area contributed by atoms with Gasteiger partial charge in [0, 0.05) is 23.0 Å². The van der Waals surface area contributed by atoms with Crippen molar-refractivity contribution in [2.75, 3.05) is 0 Å². The summed E-state index contributed by atoms with van der Waals surface area (Å²) in [6, 6.07) is 18.4. The van der Waals surface area contributed by atoms with Crippen LogP contribution in [0.25, 0.3) is 0 Å². The highest BCUT2D eigenvalue weighted by atomic mass is 32.2. The van der Waals surface area contributed by atoms with E-state index in [1.165, 1.54) is 27.4 Å². The molecular weight excluding hydrogens is 336 g/mol. The van der Waals surface area contributed by atoms with Gasteiger partial charge in [0.15, 0.2) is 4.80 Å². The number of fused-ring (bicyclic) bond motifs is 1. The summed E-state index contributed by atoms with van der Waals surface area (Å²) < 4.78 is 2.03. The first-order valence-corrected chi connectivity index (χ1v) is 9.56. The fourth-order valence-electron chi connectivity index (χ4n) is 2.77. The van der Waals surface area contributed by atoms with Crippen LogP contribution in [0.5, 0.6) is 0 Å². The zero-order chi connectivity index (χ0) is 16.4. The Hall–Kier alpha value is -2.11. The number of nitrogens with zero attached hydrogens (tertiary/aromatic N) is 2. The highest BCUT2D eigenvalue weighted by Gasteiger charge is 2.27. The number of rotatable bonds is 3. The van der Waals surface area contributed by atoms with E-state index in [0.29, 0.717) is 0 Å². The molecule has 0 bridgehead atoms. The van der Waals surface area contributed by atoms with E-state index in [1.807, 2.05) is 46.5 Å². The van der Waals surface area contributed by atoms with Crippen molar-refractivity contribution in [3.05, 3.63) is 82.1 Å². The molecule has 24 heavy (non-hydrogen) atoms. The number of hydrogen-bond acceptors (Lipinski definition) is 3. The van der Waals surface area contributed by atoms with Crippen LogP contribution >= 0.6 is 23.1 Å². The second-order valence-electron chi connectivity index (χ2n) is 5.67. The van der Waals surface area contributed by atoms with Crippen molar-refractivity contribution in [3.63, 3.8) is 0 Å². The number of thioether (sulfide) groups is 1. The van der Waals surface area contributed by atoms with Crippen LogP contribution < -0.4 is 4.80 Å². The van der Waals surface area contributed by atoms with Crippen molar-refractivity contribution in [1.82, 2.24) is 4.57 Å². The highest BCUT2D eigenvalue weighted by molar-refractivity contribution is 8.01. The minimum atomic E-state index is -0.102. The third-order valence-electron chi connectivity index (χ3n) is 3.98. The van der Waals surface area contributed by atoms with Crippen molar-refractivity contribution in [3.8, 4) is 0 Å². The maximum atomic E-state index is 12.6. The zero-order valence-corrected chi connectivity index (χ0v) is 14.6. The van der Waals surface area contributed by atoms with Gasteiger partial charge in [-0.1, -0.05) is 48.5 Å². The van der Waals surface area contributed by atoms with Gasteiger partial charge in [-0.15, -0.1) is 23.1 Å². The second kappa shape index (κ2) is 6.79. The number of benzene rings is 2. The van der Waals surface area contributed by atoms with E-state index >= 15 is 0 Å². The van der Waals surface area contributed by atoms with Crippen LogP contribution in [0.1, 0.15) is 11.1 Å². The Morgan fingerprint density at radius 1 is 1.12 bits per heavy atom. The number of hydrogen-bond donors (Lipinski definition) is 0. The molecule has 3 aromatic rings. The van der Waals surface area contributed by atoms with E-state index in [0.717, 1.165) is 17.8 Å². The normalized spacial score (nSPS) is 17.0. The maximum absolute atomic E-state index is 12.6. The van der Waals surface area contributed by atoms with E-state index < -0.39 is 0 Å². The average Bonchev–Trinajstić information content (AvgIpc) is 3.23. The van der Waals surface area contributed by atoms with Crippen molar-refractivity contribution in [2.45, 2.75) is 23.1 Å². The van der Waals surface area contributed by atoms with Gasteiger partial charge in [0.05, 0.1) is 5.25 Å². The number of carbonyl (C=O) groups is 1. The van der Waals surface area contributed by atoms with Gasteiger partial charge in [-0.05, 0) is 23.6 Å². The summed E-state index contributed by atoms with van der Waals surface area (Å²) >= 11 is 3.13. The summed E-state index contributed by atoms with van der Waals surface area (Å²) in [5.74, 6) is -0.0412. The van der Waals surface area contributed by atoms with E-state index in [9.17, 15) is 4.79 Å². The van der Waals surface area contributed by atoms with Gasteiger partial charge >= 0.3 is 0 Å². The highest BCUT2D eigenvalue weighted by Crippen LogP contribution is 2.37. The van der Waals surface area contributed by atoms with Gasteiger partial charge in [0.2, 0.25) is 0 Å². The molecule has 0 saturated heterocycles. The lowest BCUT2D eigenvalue weighted by Gasteiger charge is -2.04. The maximum Gasteiger partial charge on any atom is 0.262 e. The first-order valence-electron chi connectivity index (χ1n) is 7.80. The summed E-state index contributed by atoms with van der Waals surface area (Å²) in [5, 5.41) is 1.88. The van der Waals surface area contributed by atoms with Crippen molar-refractivity contribution >= 4 is 29.0 Å². The van der Waals surface area contributed by atoms with Gasteiger partial charge < -0.3 is 4.57 Å². The van der Waals surface area contributed by atoms with Crippen LogP contribution in [0.2, 0.25) is 0 Å². The molecule has 4 rings (SSSR count). The molecule has 0 N–H and O–H groups in total. The van der Waals surface area contributed by atoms with Crippen LogP contribution in [0.15, 0.2) is 76.1 Å². The van der Waals surface area contributed by atoms with Crippen molar-refractivity contribution in [2.24, 2.45) is 4.99 Å². The number of thiazole rings is 1. The Morgan fingerprint density at radius 3 is 2.75 bits per heavy atom. The molecule has 1 aromatic heterocycles. The topological polar surface area (TPSA) is 34.4 Å². The van der Waals surface area contributed by atoms with Crippen LogP contribution in [-0.2, 0) is 17.8 Å². The summed E-state index contributed by atoms with van der Waals surface area (Å²) in [4.78, 5) is 19.0. The average molecular weight is 352 g/mol. The van der Waals surface area contributed by atoms with Gasteiger partial charge in [0.25, 0.3) is 5.91 Å². The van der Waals surface area contributed by atoms with Crippen LogP contribution in [0.4, 0.5) is 0 Å². The molecule has 2 heterocycles. The van der Waals surface area contributed by atoms with E-state index in [2.05, 4.69) is 29.3 Å². The molecule has 0 aliphatic carbocycles. The first-order chi connectivity index (χ1) is 11.8. The SMILES string of the molecule is O=C(N=c1sccn1Cc1ccccc1)C1Cc2ccccc2S1. The standard InChI is InChI=1S/C19H16N2OS2/c22-18(17-12-15-8-4-5-9-16(15)24-17)20-19-21(10-11-23-19)13-14-6-2-1-3-7-14/h1-11,17H,12-13H2. The largest absolute Gasteiger partial charge is 0.319 e. The Morgan fingerprint density at radius 2 is 1.92 bits per heavy atom. The number of amides is 1. The fraction of sp³-hybridized carbons (Fsp3) is 0.158. The molecule has 1 aliphatic heterocycles. The predicted molar refractivity (Wildman–Crippen MR) is 98.2 cm³/mol. The van der Waals surface area contributed by atoms with Gasteiger partial charge in [-0.2, -0.15) is 4.99 Å². The molecule has 0 spiro atoms. The molecule has 2 aromatic carbocycles. The molecule has 1 aliphatic rings. The summed E-state index contributed by atoms with van der Waals surface area (Å²) in [7, 11) is 0. The third kappa shape index (κ3) is 3.23. The molecule has 0 saturated carbocycles. The minimum Gasteiger partial charge on any atom is -0.319 e. The van der Waals surface area contributed by atoms with Gasteiger partial charge in [-0.25, -0.2) is 0 Å².